The normalized spacial score (nSPS) is 18.7. The summed E-state index contributed by atoms with van der Waals surface area (Å²) in [7, 11) is 2.48. The molecule has 0 amide bonds. The lowest BCUT2D eigenvalue weighted by atomic mass is 10.2. The average Bonchev–Trinajstić information content (AvgIpc) is 2.90. The molecule has 1 aliphatic heterocycles. The molecule has 0 spiro atoms. The van der Waals surface area contributed by atoms with Crippen molar-refractivity contribution in [2.24, 2.45) is 0 Å². The minimum absolute atomic E-state index is 0.263. The fourth-order valence-electron chi connectivity index (χ4n) is 2.52. The SMILES string of the molecule is CN1CCN(C[s+]2cccc2-c2ccccc2)CC1. The molecule has 0 aliphatic carbocycles. The van der Waals surface area contributed by atoms with Crippen LogP contribution in [0.3, 0.4) is 0 Å². The molecule has 2 nitrogen and oxygen atoms in total. The quantitative estimate of drug-likeness (QED) is 0.792. The number of thiophene rings is 1. The zero-order valence-electron chi connectivity index (χ0n) is 11.5. The number of hydrogen-bond donors (Lipinski definition) is 0. The van der Waals surface area contributed by atoms with Crippen molar-refractivity contribution < 1.29 is 0 Å². The lowest BCUT2D eigenvalue weighted by Gasteiger charge is -2.30. The van der Waals surface area contributed by atoms with Crippen molar-refractivity contribution >= 4 is 10.5 Å². The third kappa shape index (κ3) is 3.06. The van der Waals surface area contributed by atoms with Gasteiger partial charge in [0, 0.05) is 37.8 Å². The topological polar surface area (TPSA) is 6.48 Å². The Morgan fingerprint density at radius 1 is 0.947 bits per heavy atom. The number of piperazine rings is 1. The van der Waals surface area contributed by atoms with E-state index in [0.29, 0.717) is 0 Å². The molecule has 2 heterocycles. The fourth-order valence-corrected chi connectivity index (χ4v) is 4.50. The Kier molecular flexibility index (Phi) is 3.97. The maximum atomic E-state index is 2.61. The second kappa shape index (κ2) is 5.87. The Hall–Kier alpha value is -1.16. The molecule has 19 heavy (non-hydrogen) atoms. The average molecular weight is 273 g/mol. The minimum atomic E-state index is 0.263. The van der Waals surface area contributed by atoms with Gasteiger partial charge in [-0.2, -0.15) is 0 Å². The lowest BCUT2D eigenvalue weighted by Crippen LogP contribution is -2.43. The van der Waals surface area contributed by atoms with Gasteiger partial charge in [-0.05, 0) is 35.7 Å². The Bertz CT molecular complexity index is 513. The van der Waals surface area contributed by atoms with Crippen molar-refractivity contribution in [2.45, 2.75) is 5.88 Å². The van der Waals surface area contributed by atoms with Gasteiger partial charge in [-0.3, -0.25) is 4.90 Å². The summed E-state index contributed by atoms with van der Waals surface area (Å²) in [6, 6.07) is 15.3. The standard InChI is InChI=1S/C16H21N2S/c1-17-9-11-18(12-10-17)14-19-13-5-8-16(19)15-6-3-2-4-7-15/h2-8,13H,9-12,14H2,1H3/q+1. The van der Waals surface area contributed by atoms with Gasteiger partial charge >= 0.3 is 0 Å². The molecule has 0 radical (unpaired) electrons. The predicted octanol–water partition coefficient (Wildman–Crippen LogP) is 3.31. The van der Waals surface area contributed by atoms with Gasteiger partial charge in [0.2, 0.25) is 0 Å². The van der Waals surface area contributed by atoms with Crippen LogP contribution in [0.2, 0.25) is 0 Å². The number of rotatable bonds is 3. The first kappa shape index (κ1) is 12.9. The van der Waals surface area contributed by atoms with Gasteiger partial charge in [0.05, 0.1) is 0 Å². The van der Waals surface area contributed by atoms with E-state index >= 15 is 0 Å². The van der Waals surface area contributed by atoms with Crippen molar-refractivity contribution in [2.75, 3.05) is 33.2 Å². The highest BCUT2D eigenvalue weighted by Gasteiger charge is 2.21. The highest BCUT2D eigenvalue weighted by atomic mass is 32.2. The van der Waals surface area contributed by atoms with Crippen LogP contribution in [0.5, 0.6) is 0 Å². The van der Waals surface area contributed by atoms with Crippen LogP contribution in [-0.2, 0) is 5.88 Å². The second-order valence-electron chi connectivity index (χ2n) is 5.20. The Labute approximate surface area is 118 Å². The molecule has 100 valence electrons. The first-order chi connectivity index (χ1) is 9.33. The summed E-state index contributed by atoms with van der Waals surface area (Å²) in [5, 5.41) is 2.38. The number of nitrogens with zero attached hydrogens (tertiary/aromatic N) is 2. The summed E-state index contributed by atoms with van der Waals surface area (Å²) >= 11 is 0. The predicted molar refractivity (Wildman–Crippen MR) is 83.4 cm³/mol. The van der Waals surface area contributed by atoms with Crippen LogP contribution in [0, 0.1) is 0 Å². The monoisotopic (exact) mass is 273 g/mol. The molecule has 0 saturated carbocycles. The summed E-state index contributed by atoms with van der Waals surface area (Å²) in [6.07, 6.45) is 0. The second-order valence-corrected chi connectivity index (χ2v) is 7.03. The van der Waals surface area contributed by atoms with Crippen LogP contribution in [0.1, 0.15) is 0 Å². The van der Waals surface area contributed by atoms with E-state index in [1.807, 2.05) is 0 Å². The van der Waals surface area contributed by atoms with Gasteiger partial charge in [0.1, 0.15) is 5.38 Å². The molecule has 1 saturated heterocycles. The molecule has 1 aliphatic rings. The molecule has 1 fully saturated rings. The van der Waals surface area contributed by atoms with Gasteiger partial charge in [-0.25, -0.2) is 0 Å². The van der Waals surface area contributed by atoms with E-state index in [1.165, 1.54) is 42.5 Å². The van der Waals surface area contributed by atoms with Crippen molar-refractivity contribution in [3.63, 3.8) is 0 Å². The van der Waals surface area contributed by atoms with E-state index in [2.05, 4.69) is 64.7 Å². The summed E-state index contributed by atoms with van der Waals surface area (Å²) < 4.78 is 0. The number of hydrogen-bond acceptors (Lipinski definition) is 2. The number of benzene rings is 1. The van der Waals surface area contributed by atoms with Gasteiger partial charge in [-0.1, -0.05) is 18.2 Å². The molecule has 3 heteroatoms. The van der Waals surface area contributed by atoms with E-state index in [-0.39, 0.29) is 10.5 Å². The summed E-state index contributed by atoms with van der Waals surface area (Å²) in [4.78, 5) is 6.52. The van der Waals surface area contributed by atoms with Crippen molar-refractivity contribution in [3.8, 4) is 10.4 Å². The van der Waals surface area contributed by atoms with Crippen LogP contribution < -0.4 is 0 Å². The van der Waals surface area contributed by atoms with E-state index in [9.17, 15) is 0 Å². The molecule has 0 N–H and O–H groups in total. The van der Waals surface area contributed by atoms with E-state index < -0.39 is 0 Å². The molecule has 1 unspecified atom stereocenters. The van der Waals surface area contributed by atoms with Crippen LogP contribution in [0.15, 0.2) is 47.8 Å². The number of likely N-dealkylation sites (N-methyl/N-ethyl adjacent to an activating group) is 1. The van der Waals surface area contributed by atoms with E-state index in [0.717, 1.165) is 0 Å². The third-order valence-electron chi connectivity index (χ3n) is 3.75. The summed E-state index contributed by atoms with van der Waals surface area (Å²) in [5.41, 5.74) is 1.38. The third-order valence-corrected chi connectivity index (χ3v) is 5.81. The van der Waals surface area contributed by atoms with Gasteiger partial charge < -0.3 is 4.90 Å². The van der Waals surface area contributed by atoms with Gasteiger partial charge in [-0.15, -0.1) is 0 Å². The van der Waals surface area contributed by atoms with Crippen LogP contribution in [0.4, 0.5) is 0 Å². The van der Waals surface area contributed by atoms with Crippen molar-refractivity contribution in [1.82, 2.24) is 9.80 Å². The van der Waals surface area contributed by atoms with Gasteiger partial charge in [0.15, 0.2) is 10.8 Å². The fraction of sp³-hybridized carbons (Fsp3) is 0.375. The Balaban J connectivity index is 1.74. The molecular formula is C16H21N2S+. The van der Waals surface area contributed by atoms with Crippen molar-refractivity contribution in [3.05, 3.63) is 47.8 Å². The lowest BCUT2D eigenvalue weighted by molar-refractivity contribution is 0.160. The van der Waals surface area contributed by atoms with Crippen LogP contribution >= 0.6 is 10.5 Å². The first-order valence-corrected chi connectivity index (χ1v) is 8.33. The Morgan fingerprint density at radius 2 is 1.68 bits per heavy atom. The van der Waals surface area contributed by atoms with Crippen LogP contribution in [-0.4, -0.2) is 43.0 Å². The van der Waals surface area contributed by atoms with Crippen molar-refractivity contribution in [1.29, 1.82) is 0 Å². The molecule has 1 aromatic heterocycles. The zero-order chi connectivity index (χ0) is 13.1. The summed E-state index contributed by atoms with van der Waals surface area (Å²) in [6.45, 7) is 4.81. The zero-order valence-corrected chi connectivity index (χ0v) is 12.3. The first-order valence-electron chi connectivity index (χ1n) is 6.87. The maximum Gasteiger partial charge on any atom is 0.182 e. The maximum absolute atomic E-state index is 2.61. The largest absolute Gasteiger partial charge is 0.304 e. The van der Waals surface area contributed by atoms with E-state index in [1.54, 1.807) is 0 Å². The minimum Gasteiger partial charge on any atom is -0.304 e. The molecule has 1 atom stereocenters. The molecule has 2 aromatic rings. The molecular weight excluding hydrogens is 252 g/mol. The smallest absolute Gasteiger partial charge is 0.182 e. The molecule has 3 rings (SSSR count). The highest BCUT2D eigenvalue weighted by molar-refractivity contribution is 7.32. The van der Waals surface area contributed by atoms with E-state index in [4.69, 9.17) is 0 Å². The molecule has 0 bridgehead atoms. The Morgan fingerprint density at radius 3 is 2.42 bits per heavy atom. The summed E-state index contributed by atoms with van der Waals surface area (Å²) in [5.74, 6) is 1.19. The van der Waals surface area contributed by atoms with Crippen LogP contribution in [0.25, 0.3) is 10.4 Å². The molecule has 1 aromatic carbocycles. The highest BCUT2D eigenvalue weighted by Crippen LogP contribution is 2.36. The van der Waals surface area contributed by atoms with Gasteiger partial charge in [0.25, 0.3) is 0 Å².